The van der Waals surface area contributed by atoms with Gasteiger partial charge in [-0.15, -0.1) is 0 Å². The Morgan fingerprint density at radius 2 is 2.35 bits per heavy atom. The van der Waals surface area contributed by atoms with Gasteiger partial charge in [-0.1, -0.05) is 0 Å². The molecule has 0 aliphatic rings. The molecule has 2 aromatic heterocycles. The lowest BCUT2D eigenvalue weighted by molar-refractivity contribution is 0.180. The highest BCUT2D eigenvalue weighted by atomic mass is 79.9. The first kappa shape index (κ1) is 11.9. The van der Waals surface area contributed by atoms with E-state index in [2.05, 4.69) is 35.9 Å². The monoisotopic (exact) mass is 296 g/mol. The van der Waals surface area contributed by atoms with Crippen LogP contribution < -0.4 is 5.56 Å². The van der Waals surface area contributed by atoms with Crippen molar-refractivity contribution in [1.29, 1.82) is 0 Å². The quantitative estimate of drug-likeness (QED) is 0.918. The first-order valence-corrected chi connectivity index (χ1v) is 5.55. The Labute approximate surface area is 105 Å². The molecule has 0 fully saturated rings. The van der Waals surface area contributed by atoms with Crippen LogP contribution in [0.3, 0.4) is 0 Å². The fourth-order valence-electron chi connectivity index (χ4n) is 1.29. The van der Waals surface area contributed by atoms with Gasteiger partial charge in [0.15, 0.2) is 5.82 Å². The number of methoxy groups -OCH3 is 1. The highest BCUT2D eigenvalue weighted by molar-refractivity contribution is 9.10. The zero-order valence-corrected chi connectivity index (χ0v) is 10.6. The van der Waals surface area contributed by atoms with Crippen molar-refractivity contribution < 1.29 is 4.74 Å². The van der Waals surface area contributed by atoms with Gasteiger partial charge in [0.2, 0.25) is 0 Å². The Balaban J connectivity index is 2.53. The molecule has 0 radical (unpaired) electrons. The van der Waals surface area contributed by atoms with Crippen molar-refractivity contribution in [3.8, 4) is 11.5 Å². The van der Waals surface area contributed by atoms with Crippen LogP contribution in [0.1, 0.15) is 5.69 Å². The van der Waals surface area contributed by atoms with Crippen molar-refractivity contribution in [2.75, 3.05) is 7.11 Å². The lowest BCUT2D eigenvalue weighted by Crippen LogP contribution is -2.14. The summed E-state index contributed by atoms with van der Waals surface area (Å²) >= 11 is 3.17. The van der Waals surface area contributed by atoms with Gasteiger partial charge in [0.25, 0.3) is 5.56 Å². The summed E-state index contributed by atoms with van der Waals surface area (Å²) in [5.41, 5.74) is 0.826. The van der Waals surface area contributed by atoms with E-state index < -0.39 is 0 Å². The minimum Gasteiger partial charge on any atom is -0.378 e. The zero-order valence-electron chi connectivity index (χ0n) is 8.98. The third-order valence-corrected chi connectivity index (χ3v) is 2.85. The van der Waals surface area contributed by atoms with E-state index in [9.17, 15) is 4.79 Å². The van der Waals surface area contributed by atoms with E-state index in [4.69, 9.17) is 4.74 Å². The average Bonchev–Trinajstić information content (AvgIpc) is 2.36. The molecule has 2 rings (SSSR count). The van der Waals surface area contributed by atoms with Crippen molar-refractivity contribution in [2.24, 2.45) is 0 Å². The Morgan fingerprint density at radius 1 is 1.53 bits per heavy atom. The van der Waals surface area contributed by atoms with E-state index in [1.807, 2.05) is 0 Å². The molecule has 1 N–H and O–H groups in total. The smallest absolute Gasteiger partial charge is 0.265 e. The number of rotatable bonds is 3. The number of nitrogens with zero attached hydrogens (tertiary/aromatic N) is 3. The van der Waals surface area contributed by atoms with Crippen LogP contribution in [0.2, 0.25) is 0 Å². The molecule has 0 atom stereocenters. The maximum absolute atomic E-state index is 11.7. The normalized spacial score (nSPS) is 10.5. The van der Waals surface area contributed by atoms with Gasteiger partial charge >= 0.3 is 0 Å². The first-order chi connectivity index (χ1) is 8.22. The number of ether oxygens (including phenoxy) is 1. The molecule has 0 aliphatic heterocycles. The molecule has 2 heterocycles. The second kappa shape index (κ2) is 5.15. The highest BCUT2D eigenvalue weighted by Crippen LogP contribution is 2.14. The molecule has 0 saturated heterocycles. The van der Waals surface area contributed by atoms with Gasteiger partial charge in [-0.05, 0) is 22.0 Å². The van der Waals surface area contributed by atoms with Crippen molar-refractivity contribution in [3.63, 3.8) is 0 Å². The second-order valence-corrected chi connectivity index (χ2v) is 4.00. The van der Waals surface area contributed by atoms with Crippen LogP contribution in [0, 0.1) is 0 Å². The van der Waals surface area contributed by atoms with Crippen LogP contribution in [0.4, 0.5) is 0 Å². The lowest BCUT2D eigenvalue weighted by atomic mass is 10.3. The maximum atomic E-state index is 11.7. The van der Waals surface area contributed by atoms with E-state index in [1.165, 1.54) is 6.33 Å². The number of nitrogens with one attached hydrogen (secondary N) is 1. The van der Waals surface area contributed by atoms with E-state index in [0.29, 0.717) is 21.7 Å². The molecule has 17 heavy (non-hydrogen) atoms. The summed E-state index contributed by atoms with van der Waals surface area (Å²) in [7, 11) is 1.54. The third-order valence-electron chi connectivity index (χ3n) is 2.04. The average molecular weight is 297 g/mol. The molecular formula is C10H9BrN4O2. The van der Waals surface area contributed by atoms with Crippen LogP contribution in [0.15, 0.2) is 27.9 Å². The summed E-state index contributed by atoms with van der Waals surface area (Å²) in [6, 6.07) is 1.67. The molecular weight excluding hydrogens is 288 g/mol. The molecule has 0 saturated carbocycles. The lowest BCUT2D eigenvalue weighted by Gasteiger charge is -2.05. The zero-order chi connectivity index (χ0) is 12.3. The minimum atomic E-state index is -0.263. The SMILES string of the molecule is COCc1nc(-c2ccncn2)[nH]c(=O)c1Br. The molecule has 6 nitrogen and oxygen atoms in total. The van der Waals surface area contributed by atoms with Gasteiger partial charge in [0, 0.05) is 13.3 Å². The Kier molecular flexibility index (Phi) is 3.60. The highest BCUT2D eigenvalue weighted by Gasteiger charge is 2.10. The number of aromatic nitrogens is 4. The number of H-pyrrole nitrogens is 1. The molecule has 7 heteroatoms. The standard InChI is InChI=1S/C10H9BrN4O2/c1-17-4-7-8(11)10(16)15-9(14-7)6-2-3-12-5-13-6/h2-3,5H,4H2,1H3,(H,14,15,16). The van der Waals surface area contributed by atoms with Gasteiger partial charge in [0.1, 0.15) is 16.5 Å². The molecule has 2 aromatic rings. The first-order valence-electron chi connectivity index (χ1n) is 4.76. The number of halogens is 1. The Morgan fingerprint density at radius 3 is 3.00 bits per heavy atom. The van der Waals surface area contributed by atoms with Gasteiger partial charge < -0.3 is 9.72 Å². The fourth-order valence-corrected chi connectivity index (χ4v) is 1.59. The largest absolute Gasteiger partial charge is 0.378 e. The van der Waals surface area contributed by atoms with Gasteiger partial charge in [-0.3, -0.25) is 4.79 Å². The van der Waals surface area contributed by atoms with Gasteiger partial charge in [-0.25, -0.2) is 15.0 Å². The topological polar surface area (TPSA) is 80.8 Å². The van der Waals surface area contributed by atoms with Crippen LogP contribution >= 0.6 is 15.9 Å². The summed E-state index contributed by atoms with van der Waals surface area (Å²) in [5, 5.41) is 0. The van der Waals surface area contributed by atoms with Crippen molar-refractivity contribution in [2.45, 2.75) is 6.61 Å². The minimum absolute atomic E-state index is 0.253. The molecule has 0 aromatic carbocycles. The molecule has 0 unspecified atom stereocenters. The van der Waals surface area contributed by atoms with E-state index in [1.54, 1.807) is 19.4 Å². The van der Waals surface area contributed by atoms with E-state index in [-0.39, 0.29) is 12.2 Å². The van der Waals surface area contributed by atoms with Gasteiger partial charge in [-0.2, -0.15) is 0 Å². The fraction of sp³-hybridized carbons (Fsp3) is 0.200. The summed E-state index contributed by atoms with van der Waals surface area (Å²) in [6.07, 6.45) is 2.98. The molecule has 0 spiro atoms. The summed E-state index contributed by atoms with van der Waals surface area (Å²) in [6.45, 7) is 0.253. The van der Waals surface area contributed by atoms with Crippen LogP contribution in [-0.2, 0) is 11.3 Å². The van der Waals surface area contributed by atoms with Gasteiger partial charge in [0.05, 0.1) is 12.3 Å². The van der Waals surface area contributed by atoms with Crippen molar-refractivity contribution >= 4 is 15.9 Å². The molecule has 0 amide bonds. The summed E-state index contributed by atoms with van der Waals surface area (Å²) in [5.74, 6) is 0.396. The van der Waals surface area contributed by atoms with Crippen molar-refractivity contribution in [3.05, 3.63) is 39.1 Å². The number of hydrogen-bond acceptors (Lipinski definition) is 5. The van der Waals surface area contributed by atoms with E-state index >= 15 is 0 Å². The maximum Gasteiger partial charge on any atom is 0.265 e. The predicted molar refractivity (Wildman–Crippen MR) is 64.3 cm³/mol. The summed E-state index contributed by atoms with van der Waals surface area (Å²) in [4.78, 5) is 26.4. The number of hydrogen-bond donors (Lipinski definition) is 1. The Bertz CT molecular complexity index is 570. The molecule has 0 aliphatic carbocycles. The van der Waals surface area contributed by atoms with Crippen LogP contribution in [0.25, 0.3) is 11.5 Å². The van der Waals surface area contributed by atoms with Crippen LogP contribution in [0.5, 0.6) is 0 Å². The second-order valence-electron chi connectivity index (χ2n) is 3.20. The predicted octanol–water partition coefficient (Wildman–Crippen LogP) is 1.14. The molecule has 0 bridgehead atoms. The Hall–Kier alpha value is -1.60. The number of aromatic amines is 1. The molecule has 88 valence electrons. The van der Waals surface area contributed by atoms with Crippen molar-refractivity contribution in [1.82, 2.24) is 19.9 Å². The summed E-state index contributed by atoms with van der Waals surface area (Å²) < 4.78 is 5.35. The third kappa shape index (κ3) is 2.56. The van der Waals surface area contributed by atoms with Crippen LogP contribution in [-0.4, -0.2) is 27.0 Å². The van der Waals surface area contributed by atoms with E-state index in [0.717, 1.165) is 0 Å².